The summed E-state index contributed by atoms with van der Waals surface area (Å²) in [5, 5.41) is 7.79. The number of anilines is 4. The van der Waals surface area contributed by atoms with Crippen LogP contribution in [-0.2, 0) is 22.4 Å². The number of benzene rings is 2. The first-order chi connectivity index (χ1) is 23.0. The number of methoxy groups -OCH3 is 1. The number of ether oxygens (including phenoxy) is 3. The number of aromatic nitrogens is 3. The first-order valence-electron chi connectivity index (χ1n) is 16.5. The van der Waals surface area contributed by atoms with Crippen LogP contribution in [0.25, 0.3) is 5.65 Å². The fourth-order valence-corrected chi connectivity index (χ4v) is 7.16. The van der Waals surface area contributed by atoms with E-state index in [1.54, 1.807) is 11.6 Å². The van der Waals surface area contributed by atoms with Crippen molar-refractivity contribution >= 4 is 34.4 Å². The quantitative estimate of drug-likeness (QED) is 0.284. The Morgan fingerprint density at radius 2 is 1.83 bits per heavy atom. The number of alkyl halides is 1. The van der Waals surface area contributed by atoms with E-state index in [1.807, 2.05) is 31.3 Å². The second-order valence-electron chi connectivity index (χ2n) is 12.9. The van der Waals surface area contributed by atoms with Crippen LogP contribution in [0.15, 0.2) is 54.7 Å². The molecule has 0 bridgehead atoms. The minimum atomic E-state index is -1.00. The van der Waals surface area contributed by atoms with Crippen LogP contribution < -0.4 is 24.8 Å². The molecule has 11 nitrogen and oxygen atoms in total. The molecule has 0 radical (unpaired) electrons. The van der Waals surface area contributed by atoms with Gasteiger partial charge in [-0.25, -0.2) is 13.9 Å². The van der Waals surface area contributed by atoms with Gasteiger partial charge in [0.1, 0.15) is 11.9 Å². The monoisotopic (exact) mass is 641 g/mol. The zero-order chi connectivity index (χ0) is 32.1. The Labute approximate surface area is 273 Å². The van der Waals surface area contributed by atoms with E-state index in [1.165, 1.54) is 17.4 Å². The Bertz CT molecular complexity index is 1770. The molecule has 1 amide bonds. The molecule has 0 spiro atoms. The predicted molar refractivity (Wildman–Crippen MR) is 177 cm³/mol. The Morgan fingerprint density at radius 1 is 1.09 bits per heavy atom. The van der Waals surface area contributed by atoms with Crippen molar-refractivity contribution < 1.29 is 23.4 Å². The molecule has 4 aromatic rings. The summed E-state index contributed by atoms with van der Waals surface area (Å²) in [4.78, 5) is 24.7. The Morgan fingerprint density at radius 3 is 2.55 bits per heavy atom. The van der Waals surface area contributed by atoms with Gasteiger partial charge in [-0.15, -0.1) is 5.10 Å². The molecule has 2 saturated heterocycles. The summed E-state index contributed by atoms with van der Waals surface area (Å²) in [5.41, 5.74) is 6.47. The van der Waals surface area contributed by atoms with E-state index in [0.29, 0.717) is 37.7 Å². The number of carbonyl (C=O) groups is 1. The van der Waals surface area contributed by atoms with Gasteiger partial charge in [0.25, 0.3) is 5.91 Å². The van der Waals surface area contributed by atoms with E-state index in [0.717, 1.165) is 67.4 Å². The number of fused-ring (bicyclic) bond motifs is 2. The van der Waals surface area contributed by atoms with Crippen LogP contribution in [-0.4, -0.2) is 86.0 Å². The molecular weight excluding hydrogens is 601 g/mol. The molecule has 1 N–H and O–H groups in total. The van der Waals surface area contributed by atoms with Gasteiger partial charge in [0.05, 0.1) is 38.2 Å². The fraction of sp³-hybridized carbons (Fsp3) is 0.457. The van der Waals surface area contributed by atoms with E-state index < -0.39 is 12.2 Å². The summed E-state index contributed by atoms with van der Waals surface area (Å²) >= 11 is 0. The summed E-state index contributed by atoms with van der Waals surface area (Å²) in [6, 6.07) is 16.1. The highest BCUT2D eigenvalue weighted by Gasteiger charge is 2.39. The third-order valence-electron chi connectivity index (χ3n) is 9.88. The van der Waals surface area contributed by atoms with E-state index in [-0.39, 0.29) is 17.9 Å². The summed E-state index contributed by atoms with van der Waals surface area (Å²) in [7, 11) is 3.67. The number of hydrogen-bond donors (Lipinski definition) is 1. The van der Waals surface area contributed by atoms with Gasteiger partial charge in [-0.05, 0) is 49.1 Å². The van der Waals surface area contributed by atoms with Crippen LogP contribution in [0.3, 0.4) is 0 Å². The van der Waals surface area contributed by atoms with E-state index >= 15 is 0 Å². The van der Waals surface area contributed by atoms with Gasteiger partial charge in [-0.2, -0.15) is 0 Å². The lowest BCUT2D eigenvalue weighted by molar-refractivity contribution is -0.0889. The molecule has 12 heteroatoms. The van der Waals surface area contributed by atoms with Crippen molar-refractivity contribution in [3.8, 4) is 5.75 Å². The van der Waals surface area contributed by atoms with Gasteiger partial charge < -0.3 is 34.2 Å². The maximum absolute atomic E-state index is 13.7. The zero-order valence-corrected chi connectivity index (χ0v) is 26.8. The number of hydrogen-bond acceptors (Lipinski definition) is 9. The molecule has 1 saturated carbocycles. The molecule has 2 aromatic carbocycles. The molecule has 47 heavy (non-hydrogen) atoms. The average Bonchev–Trinajstić information content (AvgIpc) is 3.57. The summed E-state index contributed by atoms with van der Waals surface area (Å²) in [5.74, 6) is 1.58. The highest BCUT2D eigenvalue weighted by molar-refractivity contribution is 5.94. The highest BCUT2D eigenvalue weighted by Crippen LogP contribution is 2.41. The SMILES string of the molecule is COc1ccc(CN(C)c2cc(N3CCc4c(N5CCC(C6OCCO6)CC5)cccc43)nn3c(C(=O)N[C@@H]4C[C@@H]4F)cnc23)cc1. The molecule has 0 unspecified atom stereocenters. The Hall–Kier alpha value is -4.42. The molecule has 3 aliphatic heterocycles. The van der Waals surface area contributed by atoms with Gasteiger partial charge in [-0.3, -0.25) is 4.79 Å². The standard InChI is InChI=1S/C35H40FN7O4/c1-40(21-22-6-8-24(45-2)9-7-22)30-19-32(39-43-31(20-37-33(30)43)34(44)38-27-18-26(27)36)42-15-12-25-28(4-3-5-29(25)42)41-13-10-23(11-14-41)35-46-16-17-47-35/h3-9,19-20,23,26-27,35H,10-18,21H2,1-2H3,(H,38,44)/t26-,27+/m0/s1. The largest absolute Gasteiger partial charge is 0.497 e. The van der Waals surface area contributed by atoms with Crippen molar-refractivity contribution in [3.05, 3.63) is 71.5 Å². The summed E-state index contributed by atoms with van der Waals surface area (Å²) < 4.78 is 32.2. The van der Waals surface area contributed by atoms with Gasteiger partial charge >= 0.3 is 0 Å². The van der Waals surface area contributed by atoms with Crippen LogP contribution in [0.2, 0.25) is 0 Å². The van der Waals surface area contributed by atoms with Gasteiger partial charge in [0.2, 0.25) is 0 Å². The molecule has 2 atom stereocenters. The van der Waals surface area contributed by atoms with Crippen LogP contribution in [0, 0.1) is 5.92 Å². The molecule has 8 rings (SSSR count). The summed E-state index contributed by atoms with van der Waals surface area (Å²) in [6.45, 7) is 4.67. The number of imidazole rings is 1. The van der Waals surface area contributed by atoms with Crippen molar-refractivity contribution in [2.24, 2.45) is 5.92 Å². The molecule has 246 valence electrons. The predicted octanol–water partition coefficient (Wildman–Crippen LogP) is 4.50. The lowest BCUT2D eigenvalue weighted by atomic mass is 9.95. The Kier molecular flexibility index (Phi) is 7.84. The second-order valence-corrected chi connectivity index (χ2v) is 12.9. The topological polar surface area (TPSA) is 96.7 Å². The van der Waals surface area contributed by atoms with Crippen molar-refractivity contribution in [2.45, 2.75) is 50.7 Å². The van der Waals surface area contributed by atoms with E-state index in [9.17, 15) is 9.18 Å². The van der Waals surface area contributed by atoms with Crippen LogP contribution in [0.1, 0.15) is 40.9 Å². The number of nitrogens with one attached hydrogen (secondary N) is 1. The number of rotatable bonds is 9. The first-order valence-corrected chi connectivity index (χ1v) is 16.5. The third-order valence-corrected chi connectivity index (χ3v) is 9.88. The number of piperidine rings is 1. The van der Waals surface area contributed by atoms with E-state index in [2.05, 4.69) is 49.3 Å². The normalized spacial score (nSPS) is 21.3. The maximum atomic E-state index is 13.7. The molecular formula is C35H40FN7O4. The average molecular weight is 642 g/mol. The summed E-state index contributed by atoms with van der Waals surface area (Å²) in [6.07, 6.45) is 3.76. The highest BCUT2D eigenvalue weighted by atomic mass is 19.1. The zero-order valence-electron chi connectivity index (χ0n) is 26.8. The number of amides is 1. The fourth-order valence-electron chi connectivity index (χ4n) is 7.16. The van der Waals surface area contributed by atoms with Crippen LogP contribution in [0.4, 0.5) is 27.3 Å². The van der Waals surface area contributed by atoms with Crippen molar-refractivity contribution in [1.29, 1.82) is 0 Å². The first kappa shape index (κ1) is 29.9. The van der Waals surface area contributed by atoms with E-state index in [4.69, 9.17) is 19.3 Å². The molecule has 4 aliphatic rings. The smallest absolute Gasteiger partial charge is 0.271 e. The van der Waals surface area contributed by atoms with Gasteiger partial charge in [0, 0.05) is 68.6 Å². The number of nitrogens with zero attached hydrogens (tertiary/aromatic N) is 6. The number of halogens is 1. The molecule has 2 aromatic heterocycles. The minimum Gasteiger partial charge on any atom is -0.497 e. The van der Waals surface area contributed by atoms with Crippen LogP contribution >= 0.6 is 0 Å². The minimum absolute atomic E-state index is 0.0648. The maximum Gasteiger partial charge on any atom is 0.271 e. The molecule has 3 fully saturated rings. The third kappa shape index (κ3) is 5.73. The number of carbonyl (C=O) groups excluding carboxylic acids is 1. The molecule has 5 heterocycles. The lowest BCUT2D eigenvalue weighted by Gasteiger charge is -2.36. The van der Waals surface area contributed by atoms with Crippen molar-refractivity contribution in [1.82, 2.24) is 19.9 Å². The van der Waals surface area contributed by atoms with Crippen LogP contribution in [0.5, 0.6) is 5.75 Å². The second kappa shape index (κ2) is 12.3. The van der Waals surface area contributed by atoms with Gasteiger partial charge in [0.15, 0.2) is 23.4 Å². The van der Waals surface area contributed by atoms with Gasteiger partial charge in [-0.1, -0.05) is 18.2 Å². The van der Waals surface area contributed by atoms with Crippen molar-refractivity contribution in [2.75, 3.05) is 61.7 Å². The Balaban J connectivity index is 1.11. The molecule has 1 aliphatic carbocycles. The van der Waals surface area contributed by atoms with Crippen molar-refractivity contribution in [3.63, 3.8) is 0 Å². The lowest BCUT2D eigenvalue weighted by Crippen LogP contribution is -2.38.